The van der Waals surface area contributed by atoms with Crippen LogP contribution in [0.25, 0.3) is 11.0 Å². The van der Waals surface area contributed by atoms with Gasteiger partial charge in [0.1, 0.15) is 5.58 Å². The zero-order valence-corrected chi connectivity index (χ0v) is 19.0. The molecule has 32 heavy (non-hydrogen) atoms. The van der Waals surface area contributed by atoms with E-state index in [4.69, 9.17) is 24.8 Å². The van der Waals surface area contributed by atoms with E-state index < -0.39 is 24.1 Å². The Morgan fingerprint density at radius 3 is 1.97 bits per heavy atom. The van der Waals surface area contributed by atoms with Crippen molar-refractivity contribution in [3.63, 3.8) is 0 Å². The van der Waals surface area contributed by atoms with Crippen molar-refractivity contribution in [1.82, 2.24) is 9.80 Å². The number of benzene rings is 1. The standard InChI is InChI=1S/C18H26N2O2.C4H6O6/c1-6-20(8-7-19(4)5)18(21)11-15-12-22-17-10-14(3)13(2)9-16(15)17;5-1(3(7)8)2(6)4(9)10/h9-10,12H,6-8,11H2,1-5H3;1-2,5-6H,(H,7,8)(H,9,10). The molecule has 4 N–H and O–H groups in total. The minimum atomic E-state index is -2.27. The number of furan rings is 1. The molecular formula is C22H32N2O8. The highest BCUT2D eigenvalue weighted by Gasteiger charge is 2.29. The van der Waals surface area contributed by atoms with E-state index in [-0.39, 0.29) is 5.91 Å². The topological polar surface area (TPSA) is 152 Å². The number of aliphatic hydroxyl groups is 2. The number of aliphatic hydroxyl groups excluding tert-OH is 2. The highest BCUT2D eigenvalue weighted by molar-refractivity contribution is 5.88. The average Bonchev–Trinajstić information content (AvgIpc) is 3.09. The Balaban J connectivity index is 0.000000433. The molecule has 1 amide bonds. The van der Waals surface area contributed by atoms with Gasteiger partial charge >= 0.3 is 11.9 Å². The first-order chi connectivity index (χ1) is 14.9. The fraction of sp³-hybridized carbons (Fsp3) is 0.500. The fourth-order valence-corrected chi connectivity index (χ4v) is 2.80. The molecule has 2 unspecified atom stereocenters. The molecule has 2 aromatic rings. The molecule has 10 nitrogen and oxygen atoms in total. The number of likely N-dealkylation sites (N-methyl/N-ethyl adjacent to an activating group) is 2. The number of carboxylic acids is 2. The molecule has 2 atom stereocenters. The Morgan fingerprint density at radius 2 is 1.50 bits per heavy atom. The predicted octanol–water partition coefficient (Wildman–Crippen LogP) is 0.880. The number of aryl methyl sites for hydroxylation is 2. The monoisotopic (exact) mass is 452 g/mol. The van der Waals surface area contributed by atoms with E-state index in [1.807, 2.05) is 32.0 Å². The Labute approximate surface area is 186 Å². The van der Waals surface area contributed by atoms with Gasteiger partial charge in [-0.05, 0) is 58.1 Å². The summed E-state index contributed by atoms with van der Waals surface area (Å²) in [7, 11) is 4.04. The lowest BCUT2D eigenvalue weighted by molar-refractivity contribution is -0.165. The lowest BCUT2D eigenvalue weighted by Crippen LogP contribution is -2.39. The van der Waals surface area contributed by atoms with Gasteiger partial charge in [-0.25, -0.2) is 9.59 Å². The van der Waals surface area contributed by atoms with Crippen LogP contribution >= 0.6 is 0 Å². The van der Waals surface area contributed by atoms with Crippen LogP contribution in [0.15, 0.2) is 22.8 Å². The van der Waals surface area contributed by atoms with Crippen LogP contribution in [0, 0.1) is 13.8 Å². The summed E-state index contributed by atoms with van der Waals surface area (Å²) in [6.45, 7) is 8.56. The summed E-state index contributed by atoms with van der Waals surface area (Å²) in [5.74, 6) is -3.38. The Kier molecular flexibility index (Phi) is 10.3. The van der Waals surface area contributed by atoms with Crippen LogP contribution in [0.5, 0.6) is 0 Å². The number of hydrogen-bond donors (Lipinski definition) is 4. The molecule has 0 fully saturated rings. The molecular weight excluding hydrogens is 420 g/mol. The number of aliphatic carboxylic acids is 2. The third kappa shape index (κ3) is 7.63. The van der Waals surface area contributed by atoms with Gasteiger partial charge in [0.25, 0.3) is 0 Å². The van der Waals surface area contributed by atoms with Gasteiger partial charge in [-0.2, -0.15) is 0 Å². The predicted molar refractivity (Wildman–Crippen MR) is 117 cm³/mol. The van der Waals surface area contributed by atoms with Gasteiger partial charge in [-0.15, -0.1) is 0 Å². The summed E-state index contributed by atoms with van der Waals surface area (Å²) in [5, 5.41) is 33.6. The molecule has 178 valence electrons. The number of carbonyl (C=O) groups excluding carboxylic acids is 1. The van der Waals surface area contributed by atoms with E-state index in [1.54, 1.807) is 6.26 Å². The smallest absolute Gasteiger partial charge is 0.335 e. The minimum Gasteiger partial charge on any atom is -0.479 e. The van der Waals surface area contributed by atoms with E-state index >= 15 is 0 Å². The molecule has 0 aliphatic carbocycles. The highest BCUT2D eigenvalue weighted by atomic mass is 16.4. The van der Waals surface area contributed by atoms with Crippen LogP contribution in [0.3, 0.4) is 0 Å². The summed E-state index contributed by atoms with van der Waals surface area (Å²) in [5.41, 5.74) is 4.28. The van der Waals surface area contributed by atoms with Gasteiger partial charge in [0, 0.05) is 30.6 Å². The SMILES string of the molecule is CCN(CCN(C)C)C(=O)Cc1coc2cc(C)c(C)cc12.O=C(O)C(O)C(O)C(=O)O. The second-order valence-electron chi connectivity index (χ2n) is 7.71. The molecule has 1 aromatic carbocycles. The molecule has 0 bridgehead atoms. The van der Waals surface area contributed by atoms with Gasteiger partial charge in [-0.1, -0.05) is 0 Å². The van der Waals surface area contributed by atoms with Crippen molar-refractivity contribution < 1.29 is 39.2 Å². The first-order valence-corrected chi connectivity index (χ1v) is 10.1. The number of amides is 1. The van der Waals surface area contributed by atoms with Crippen LogP contribution in [0.1, 0.15) is 23.6 Å². The van der Waals surface area contributed by atoms with Crippen LogP contribution in [-0.4, -0.2) is 94.0 Å². The molecule has 2 rings (SSSR count). The molecule has 0 spiro atoms. The van der Waals surface area contributed by atoms with Crippen LogP contribution < -0.4 is 0 Å². The highest BCUT2D eigenvalue weighted by Crippen LogP contribution is 2.25. The van der Waals surface area contributed by atoms with E-state index in [2.05, 4.69) is 24.8 Å². The van der Waals surface area contributed by atoms with Crippen molar-refractivity contribution >= 4 is 28.8 Å². The Hall–Kier alpha value is -2.95. The number of hydrogen-bond acceptors (Lipinski definition) is 7. The van der Waals surface area contributed by atoms with Crippen molar-refractivity contribution in [2.75, 3.05) is 33.7 Å². The quantitative estimate of drug-likeness (QED) is 0.434. The largest absolute Gasteiger partial charge is 0.479 e. The maximum absolute atomic E-state index is 12.5. The maximum atomic E-state index is 12.5. The normalized spacial score (nSPS) is 12.8. The molecule has 0 aliphatic rings. The van der Waals surface area contributed by atoms with Crippen molar-refractivity contribution in [1.29, 1.82) is 0 Å². The third-order valence-corrected chi connectivity index (χ3v) is 4.97. The number of nitrogens with zero attached hydrogens (tertiary/aromatic N) is 2. The summed E-state index contributed by atoms with van der Waals surface area (Å²) < 4.78 is 5.62. The van der Waals surface area contributed by atoms with Crippen molar-refractivity contribution in [2.24, 2.45) is 0 Å². The van der Waals surface area contributed by atoms with Crippen LogP contribution in [0.2, 0.25) is 0 Å². The molecule has 10 heteroatoms. The number of rotatable bonds is 9. The summed E-state index contributed by atoms with van der Waals surface area (Å²) in [4.78, 5) is 36.1. The number of carboxylic acid groups (broad SMARTS) is 2. The lowest BCUT2D eigenvalue weighted by Gasteiger charge is -2.22. The first kappa shape index (κ1) is 27.1. The first-order valence-electron chi connectivity index (χ1n) is 10.1. The Morgan fingerprint density at radius 1 is 0.969 bits per heavy atom. The fourth-order valence-electron chi connectivity index (χ4n) is 2.80. The zero-order valence-electron chi connectivity index (χ0n) is 19.0. The van der Waals surface area contributed by atoms with E-state index in [0.29, 0.717) is 6.42 Å². The van der Waals surface area contributed by atoms with Crippen molar-refractivity contribution in [3.05, 3.63) is 35.1 Å². The second-order valence-corrected chi connectivity index (χ2v) is 7.71. The molecule has 0 aliphatic heterocycles. The summed E-state index contributed by atoms with van der Waals surface area (Å²) in [6, 6.07) is 4.16. The van der Waals surface area contributed by atoms with Gasteiger partial charge in [0.15, 0.2) is 12.2 Å². The zero-order chi connectivity index (χ0) is 24.6. The second kappa shape index (κ2) is 12.2. The lowest BCUT2D eigenvalue weighted by atomic mass is 10.0. The molecule has 1 aromatic heterocycles. The minimum absolute atomic E-state index is 0.158. The van der Waals surface area contributed by atoms with Crippen molar-refractivity contribution in [2.45, 2.75) is 39.4 Å². The van der Waals surface area contributed by atoms with Gasteiger partial charge < -0.3 is 34.6 Å². The molecule has 0 saturated heterocycles. The van der Waals surface area contributed by atoms with E-state index in [9.17, 15) is 14.4 Å². The molecule has 0 saturated carbocycles. The van der Waals surface area contributed by atoms with E-state index in [1.165, 1.54) is 11.1 Å². The van der Waals surface area contributed by atoms with E-state index in [0.717, 1.165) is 36.2 Å². The van der Waals surface area contributed by atoms with Gasteiger partial charge in [0.05, 0.1) is 12.7 Å². The van der Waals surface area contributed by atoms with Crippen LogP contribution in [0.4, 0.5) is 0 Å². The molecule has 1 heterocycles. The maximum Gasteiger partial charge on any atom is 0.335 e. The Bertz CT molecular complexity index is 919. The third-order valence-electron chi connectivity index (χ3n) is 4.97. The number of carbonyl (C=O) groups is 3. The molecule has 0 radical (unpaired) electrons. The average molecular weight is 453 g/mol. The van der Waals surface area contributed by atoms with Crippen molar-refractivity contribution in [3.8, 4) is 0 Å². The van der Waals surface area contributed by atoms with Gasteiger partial charge in [0.2, 0.25) is 5.91 Å². The van der Waals surface area contributed by atoms with Gasteiger partial charge in [-0.3, -0.25) is 4.79 Å². The number of fused-ring (bicyclic) bond motifs is 1. The summed E-state index contributed by atoms with van der Waals surface area (Å²) >= 11 is 0. The van der Waals surface area contributed by atoms with Crippen LogP contribution in [-0.2, 0) is 20.8 Å². The summed E-state index contributed by atoms with van der Waals surface area (Å²) in [6.07, 6.45) is -2.41.